The predicted octanol–water partition coefficient (Wildman–Crippen LogP) is 4.05. The lowest BCUT2D eigenvalue weighted by Crippen LogP contribution is -2.43. The Labute approximate surface area is 176 Å². The third-order valence-electron chi connectivity index (χ3n) is 5.67. The van der Waals surface area contributed by atoms with Gasteiger partial charge in [0, 0.05) is 5.56 Å². The van der Waals surface area contributed by atoms with Crippen LogP contribution >= 0.6 is 0 Å². The van der Waals surface area contributed by atoms with Crippen LogP contribution in [0, 0.1) is 0 Å². The molecular weight excluding hydrogens is 376 g/mol. The largest absolute Gasteiger partial charge is 0.496 e. The SMILES string of the molecule is COc1cccc2c1CC[C@H]2N(C(=O)c1ccccc1)C(C(N)=O)c1ccccc1. The smallest absolute Gasteiger partial charge is 0.255 e. The lowest BCUT2D eigenvalue weighted by atomic mass is 9.98. The predicted molar refractivity (Wildman–Crippen MR) is 115 cm³/mol. The minimum Gasteiger partial charge on any atom is -0.496 e. The van der Waals surface area contributed by atoms with Crippen LogP contribution in [-0.2, 0) is 11.2 Å². The monoisotopic (exact) mass is 400 g/mol. The standard InChI is InChI=1S/C25H24N2O3/c1-30-22-14-8-13-19-20(22)15-16-21(19)27(25(29)18-11-6-3-7-12-18)23(24(26)28)17-9-4-2-5-10-17/h2-14,21,23H,15-16H2,1H3,(H2,26,28)/t21-,23?/m1/s1. The maximum absolute atomic E-state index is 13.7. The molecule has 1 aliphatic carbocycles. The van der Waals surface area contributed by atoms with Crippen molar-refractivity contribution in [2.45, 2.75) is 24.9 Å². The van der Waals surface area contributed by atoms with Crippen LogP contribution in [0.3, 0.4) is 0 Å². The molecule has 1 unspecified atom stereocenters. The van der Waals surface area contributed by atoms with Crippen LogP contribution in [0.1, 0.15) is 45.6 Å². The number of amides is 2. The molecule has 3 aromatic rings. The van der Waals surface area contributed by atoms with E-state index >= 15 is 0 Å². The van der Waals surface area contributed by atoms with Gasteiger partial charge >= 0.3 is 0 Å². The molecule has 0 saturated carbocycles. The molecule has 0 saturated heterocycles. The van der Waals surface area contributed by atoms with Crippen molar-refractivity contribution in [3.63, 3.8) is 0 Å². The Morgan fingerprint density at radius 1 is 0.967 bits per heavy atom. The van der Waals surface area contributed by atoms with Crippen molar-refractivity contribution in [1.82, 2.24) is 4.90 Å². The fraction of sp³-hybridized carbons (Fsp3) is 0.200. The van der Waals surface area contributed by atoms with Gasteiger partial charge in [-0.1, -0.05) is 60.7 Å². The van der Waals surface area contributed by atoms with Gasteiger partial charge in [-0.3, -0.25) is 9.59 Å². The number of nitrogens with zero attached hydrogens (tertiary/aromatic N) is 1. The second kappa shape index (κ2) is 8.41. The van der Waals surface area contributed by atoms with E-state index in [2.05, 4.69) is 0 Å². The molecule has 4 rings (SSSR count). The van der Waals surface area contributed by atoms with Gasteiger partial charge in [-0.15, -0.1) is 0 Å². The average molecular weight is 400 g/mol. The maximum Gasteiger partial charge on any atom is 0.255 e. The summed E-state index contributed by atoms with van der Waals surface area (Å²) in [7, 11) is 1.64. The van der Waals surface area contributed by atoms with Gasteiger partial charge in [-0.05, 0) is 47.7 Å². The van der Waals surface area contributed by atoms with Gasteiger partial charge in [0.05, 0.1) is 13.2 Å². The molecule has 0 aliphatic heterocycles. The number of fused-ring (bicyclic) bond motifs is 1. The van der Waals surface area contributed by atoms with Gasteiger partial charge in [0.15, 0.2) is 0 Å². The van der Waals surface area contributed by atoms with Crippen LogP contribution in [0.5, 0.6) is 5.75 Å². The minimum atomic E-state index is -0.874. The first-order valence-electron chi connectivity index (χ1n) is 9.99. The number of carbonyl (C=O) groups is 2. The van der Waals surface area contributed by atoms with E-state index in [1.165, 1.54) is 0 Å². The summed E-state index contributed by atoms with van der Waals surface area (Å²) in [6.45, 7) is 0. The minimum absolute atomic E-state index is 0.219. The van der Waals surface area contributed by atoms with E-state index in [4.69, 9.17) is 10.5 Å². The number of methoxy groups -OCH3 is 1. The Balaban J connectivity index is 1.86. The van der Waals surface area contributed by atoms with Crippen molar-refractivity contribution in [1.29, 1.82) is 0 Å². The molecule has 2 amide bonds. The van der Waals surface area contributed by atoms with Crippen molar-refractivity contribution in [2.75, 3.05) is 7.11 Å². The van der Waals surface area contributed by atoms with Crippen molar-refractivity contribution in [3.8, 4) is 5.75 Å². The maximum atomic E-state index is 13.7. The highest BCUT2D eigenvalue weighted by atomic mass is 16.5. The van der Waals surface area contributed by atoms with E-state index < -0.39 is 11.9 Å². The van der Waals surface area contributed by atoms with E-state index in [-0.39, 0.29) is 11.9 Å². The Morgan fingerprint density at radius 3 is 2.27 bits per heavy atom. The summed E-state index contributed by atoms with van der Waals surface area (Å²) < 4.78 is 5.53. The van der Waals surface area contributed by atoms with Crippen LogP contribution < -0.4 is 10.5 Å². The van der Waals surface area contributed by atoms with Gasteiger partial charge < -0.3 is 15.4 Å². The number of hydrogen-bond donors (Lipinski definition) is 1. The molecule has 0 bridgehead atoms. The Morgan fingerprint density at radius 2 is 1.63 bits per heavy atom. The van der Waals surface area contributed by atoms with Crippen molar-refractivity contribution in [2.24, 2.45) is 5.73 Å². The lowest BCUT2D eigenvalue weighted by molar-refractivity contribution is -0.123. The van der Waals surface area contributed by atoms with Crippen LogP contribution in [0.15, 0.2) is 78.9 Å². The first kappa shape index (κ1) is 19.7. The first-order chi connectivity index (χ1) is 14.6. The number of ether oxygens (including phenoxy) is 1. The Hall–Kier alpha value is -3.60. The molecule has 152 valence electrons. The Bertz CT molecular complexity index is 1050. The van der Waals surface area contributed by atoms with Crippen molar-refractivity contribution in [3.05, 3.63) is 101 Å². The molecule has 0 aromatic heterocycles. The second-order valence-corrected chi connectivity index (χ2v) is 7.38. The number of hydrogen-bond acceptors (Lipinski definition) is 3. The molecule has 1 aliphatic rings. The summed E-state index contributed by atoms with van der Waals surface area (Å²) in [6.07, 6.45) is 1.47. The topological polar surface area (TPSA) is 72.6 Å². The summed E-state index contributed by atoms with van der Waals surface area (Å²) in [5.41, 5.74) is 9.17. The molecule has 0 radical (unpaired) electrons. The normalized spacial score (nSPS) is 15.8. The third-order valence-corrected chi connectivity index (χ3v) is 5.67. The fourth-order valence-corrected chi connectivity index (χ4v) is 4.34. The van der Waals surface area contributed by atoms with E-state index in [0.717, 1.165) is 23.3 Å². The zero-order chi connectivity index (χ0) is 21.1. The molecule has 0 heterocycles. The quantitative estimate of drug-likeness (QED) is 0.678. The fourth-order valence-electron chi connectivity index (χ4n) is 4.34. The molecule has 3 aromatic carbocycles. The molecule has 2 atom stereocenters. The average Bonchev–Trinajstić information content (AvgIpc) is 3.21. The van der Waals surface area contributed by atoms with Gasteiger partial charge in [0.25, 0.3) is 5.91 Å². The second-order valence-electron chi connectivity index (χ2n) is 7.38. The molecule has 30 heavy (non-hydrogen) atoms. The molecular formula is C25H24N2O3. The van der Waals surface area contributed by atoms with Crippen molar-refractivity contribution >= 4 is 11.8 Å². The molecule has 5 nitrogen and oxygen atoms in total. The highest BCUT2D eigenvalue weighted by Crippen LogP contribution is 2.44. The zero-order valence-electron chi connectivity index (χ0n) is 16.8. The number of primary amides is 1. The van der Waals surface area contributed by atoms with Crippen LogP contribution in [-0.4, -0.2) is 23.8 Å². The molecule has 5 heteroatoms. The Kier molecular flexibility index (Phi) is 5.53. The van der Waals surface area contributed by atoms with Crippen LogP contribution in [0.4, 0.5) is 0 Å². The summed E-state index contributed by atoms with van der Waals surface area (Å²) in [4.78, 5) is 28.0. The number of rotatable bonds is 6. The van der Waals surface area contributed by atoms with Crippen LogP contribution in [0.2, 0.25) is 0 Å². The van der Waals surface area contributed by atoms with E-state index in [1.54, 1.807) is 24.1 Å². The number of nitrogens with two attached hydrogens (primary N) is 1. The van der Waals surface area contributed by atoms with E-state index in [0.29, 0.717) is 17.5 Å². The van der Waals surface area contributed by atoms with Gasteiger partial charge in [0.1, 0.15) is 11.8 Å². The van der Waals surface area contributed by atoms with Gasteiger partial charge in [-0.2, -0.15) is 0 Å². The zero-order valence-corrected chi connectivity index (χ0v) is 16.8. The highest BCUT2D eigenvalue weighted by molar-refractivity contribution is 5.98. The molecule has 0 fully saturated rings. The first-order valence-corrected chi connectivity index (χ1v) is 9.99. The summed E-state index contributed by atoms with van der Waals surface area (Å²) in [6, 6.07) is 23.0. The molecule has 0 spiro atoms. The summed E-state index contributed by atoms with van der Waals surface area (Å²) in [5, 5.41) is 0. The molecule has 2 N–H and O–H groups in total. The number of carbonyl (C=O) groups excluding carboxylic acids is 2. The van der Waals surface area contributed by atoms with Crippen LogP contribution in [0.25, 0.3) is 0 Å². The highest BCUT2D eigenvalue weighted by Gasteiger charge is 2.40. The van der Waals surface area contributed by atoms with Crippen molar-refractivity contribution < 1.29 is 14.3 Å². The van der Waals surface area contributed by atoms with E-state index in [1.807, 2.05) is 66.7 Å². The summed E-state index contributed by atoms with van der Waals surface area (Å²) >= 11 is 0. The van der Waals surface area contributed by atoms with Gasteiger partial charge in [-0.25, -0.2) is 0 Å². The number of benzene rings is 3. The summed E-state index contributed by atoms with van der Waals surface area (Å²) in [5.74, 6) is 0.0307. The lowest BCUT2D eigenvalue weighted by Gasteiger charge is -2.36. The van der Waals surface area contributed by atoms with Gasteiger partial charge in [0.2, 0.25) is 5.91 Å². The van der Waals surface area contributed by atoms with E-state index in [9.17, 15) is 9.59 Å². The third kappa shape index (κ3) is 3.54.